The molecule has 2 aromatic carbocycles. The van der Waals surface area contributed by atoms with Gasteiger partial charge in [0.05, 0.1) is 4.90 Å². The third-order valence-corrected chi connectivity index (χ3v) is 5.44. The molecule has 0 aliphatic heterocycles. The lowest BCUT2D eigenvalue weighted by Crippen LogP contribution is -2.03. The van der Waals surface area contributed by atoms with Crippen molar-refractivity contribution in [1.82, 2.24) is 0 Å². The SMILES string of the molecule is CSC(=N\S(=O)(=O)c1ccc(C)cc1)/C(C)=C/c1ccccc1. The minimum atomic E-state index is -3.70. The van der Waals surface area contributed by atoms with Crippen LogP contribution in [0.5, 0.6) is 0 Å². The fraction of sp³-hybridized carbons (Fsp3) is 0.167. The van der Waals surface area contributed by atoms with E-state index in [1.807, 2.05) is 56.5 Å². The maximum Gasteiger partial charge on any atom is 0.283 e. The van der Waals surface area contributed by atoms with E-state index in [9.17, 15) is 8.42 Å². The summed E-state index contributed by atoms with van der Waals surface area (Å²) in [7, 11) is -3.70. The molecule has 0 aromatic heterocycles. The second-order valence-electron chi connectivity index (χ2n) is 5.13. The Morgan fingerprint density at radius 3 is 2.22 bits per heavy atom. The van der Waals surface area contributed by atoms with Gasteiger partial charge in [-0.15, -0.1) is 11.8 Å². The van der Waals surface area contributed by atoms with Gasteiger partial charge in [-0.2, -0.15) is 12.8 Å². The molecule has 23 heavy (non-hydrogen) atoms. The first kappa shape index (κ1) is 17.5. The number of thioether (sulfide) groups is 1. The van der Waals surface area contributed by atoms with Gasteiger partial charge in [-0.3, -0.25) is 0 Å². The van der Waals surface area contributed by atoms with Gasteiger partial charge >= 0.3 is 0 Å². The van der Waals surface area contributed by atoms with Crippen molar-refractivity contribution in [2.45, 2.75) is 18.7 Å². The van der Waals surface area contributed by atoms with Crippen LogP contribution in [-0.4, -0.2) is 19.7 Å². The van der Waals surface area contributed by atoms with Crippen molar-refractivity contribution in [2.24, 2.45) is 4.40 Å². The minimum absolute atomic E-state index is 0.210. The van der Waals surface area contributed by atoms with Crippen LogP contribution >= 0.6 is 11.8 Å². The second-order valence-corrected chi connectivity index (χ2v) is 7.53. The number of hydrogen-bond donors (Lipinski definition) is 0. The summed E-state index contributed by atoms with van der Waals surface area (Å²) >= 11 is 1.32. The number of sulfonamides is 1. The molecular formula is C18H19NO2S2. The molecule has 0 amide bonds. The van der Waals surface area contributed by atoms with Gasteiger partial charge in [-0.25, -0.2) is 0 Å². The van der Waals surface area contributed by atoms with Gasteiger partial charge < -0.3 is 0 Å². The first-order chi connectivity index (χ1) is 10.9. The zero-order chi connectivity index (χ0) is 16.9. The summed E-state index contributed by atoms with van der Waals surface area (Å²) < 4.78 is 28.9. The molecule has 0 fully saturated rings. The molecule has 3 nitrogen and oxygen atoms in total. The smallest absolute Gasteiger partial charge is 0.199 e. The number of rotatable bonds is 4. The van der Waals surface area contributed by atoms with E-state index in [2.05, 4.69) is 4.40 Å². The monoisotopic (exact) mass is 345 g/mol. The molecule has 120 valence electrons. The Morgan fingerprint density at radius 1 is 1.04 bits per heavy atom. The van der Waals surface area contributed by atoms with E-state index in [0.29, 0.717) is 5.04 Å². The molecule has 5 heteroatoms. The molecule has 0 saturated heterocycles. The molecule has 0 N–H and O–H groups in total. The topological polar surface area (TPSA) is 46.5 Å². The summed E-state index contributed by atoms with van der Waals surface area (Å²) in [6.07, 6.45) is 3.76. The highest BCUT2D eigenvalue weighted by molar-refractivity contribution is 8.14. The summed E-state index contributed by atoms with van der Waals surface area (Å²) in [5, 5.41) is 0.495. The zero-order valence-electron chi connectivity index (χ0n) is 13.4. The molecule has 0 bridgehead atoms. The number of benzene rings is 2. The molecular weight excluding hydrogens is 326 g/mol. The van der Waals surface area contributed by atoms with Crippen molar-refractivity contribution in [3.63, 3.8) is 0 Å². The highest BCUT2D eigenvalue weighted by Crippen LogP contribution is 2.19. The van der Waals surface area contributed by atoms with Crippen LogP contribution in [0, 0.1) is 6.92 Å². The van der Waals surface area contributed by atoms with Gasteiger partial charge in [0.25, 0.3) is 10.0 Å². The van der Waals surface area contributed by atoms with E-state index in [1.165, 1.54) is 11.8 Å². The van der Waals surface area contributed by atoms with E-state index < -0.39 is 10.0 Å². The fourth-order valence-electron chi connectivity index (χ4n) is 2.00. The predicted molar refractivity (Wildman–Crippen MR) is 99.4 cm³/mol. The van der Waals surface area contributed by atoms with Crippen LogP contribution in [0.25, 0.3) is 6.08 Å². The van der Waals surface area contributed by atoms with Gasteiger partial charge in [0.2, 0.25) is 0 Å². The van der Waals surface area contributed by atoms with E-state index >= 15 is 0 Å². The molecule has 2 aromatic rings. The first-order valence-electron chi connectivity index (χ1n) is 7.12. The summed E-state index contributed by atoms with van der Waals surface area (Å²) in [6, 6.07) is 16.5. The second kappa shape index (κ2) is 7.62. The number of hydrogen-bond acceptors (Lipinski definition) is 3. The fourth-order valence-corrected chi connectivity index (χ4v) is 3.92. The average molecular weight is 345 g/mol. The Kier molecular flexibility index (Phi) is 5.80. The van der Waals surface area contributed by atoms with Crippen LogP contribution in [0.2, 0.25) is 0 Å². The van der Waals surface area contributed by atoms with Gasteiger partial charge in [0.1, 0.15) is 5.04 Å². The van der Waals surface area contributed by atoms with Crippen LogP contribution in [0.15, 0.2) is 69.5 Å². The lowest BCUT2D eigenvalue weighted by atomic mass is 10.1. The molecule has 0 spiro atoms. The summed E-state index contributed by atoms with van der Waals surface area (Å²) in [6.45, 7) is 3.78. The zero-order valence-corrected chi connectivity index (χ0v) is 15.0. The van der Waals surface area contributed by atoms with Gasteiger partial charge in [0.15, 0.2) is 0 Å². The molecule has 0 aliphatic rings. The average Bonchev–Trinajstić information content (AvgIpc) is 2.54. The maximum absolute atomic E-state index is 12.4. The highest BCUT2D eigenvalue weighted by atomic mass is 32.2. The van der Waals surface area contributed by atoms with E-state index in [1.54, 1.807) is 24.3 Å². The predicted octanol–water partition coefficient (Wildman–Crippen LogP) is 4.55. The third kappa shape index (κ3) is 4.81. The van der Waals surface area contributed by atoms with Crippen molar-refractivity contribution in [2.75, 3.05) is 6.26 Å². The normalized spacial score (nSPS) is 13.2. The Bertz CT molecular complexity index is 821. The molecule has 0 radical (unpaired) electrons. The first-order valence-corrected chi connectivity index (χ1v) is 9.78. The minimum Gasteiger partial charge on any atom is -0.199 e. The lowest BCUT2D eigenvalue weighted by Gasteiger charge is -2.05. The van der Waals surface area contributed by atoms with Crippen LogP contribution in [-0.2, 0) is 10.0 Å². The molecule has 0 saturated carbocycles. The van der Waals surface area contributed by atoms with Crippen molar-refractivity contribution in [1.29, 1.82) is 0 Å². The Hall–Kier alpha value is -1.85. The molecule has 0 atom stereocenters. The van der Waals surface area contributed by atoms with Crippen molar-refractivity contribution < 1.29 is 8.42 Å². The molecule has 0 unspecified atom stereocenters. The lowest BCUT2D eigenvalue weighted by molar-refractivity contribution is 0.598. The number of nitrogens with zero attached hydrogens (tertiary/aromatic N) is 1. The van der Waals surface area contributed by atoms with Crippen LogP contribution in [0.4, 0.5) is 0 Å². The molecule has 0 heterocycles. The molecule has 2 rings (SSSR count). The van der Waals surface area contributed by atoms with Crippen molar-refractivity contribution in [3.8, 4) is 0 Å². The largest absolute Gasteiger partial charge is 0.283 e. The Morgan fingerprint density at radius 2 is 1.65 bits per heavy atom. The summed E-state index contributed by atoms with van der Waals surface area (Å²) in [5.41, 5.74) is 2.84. The number of aryl methyl sites for hydroxylation is 1. The standard InChI is InChI=1S/C18H19NO2S2/c1-14-9-11-17(12-10-14)23(20,21)19-18(22-3)15(2)13-16-7-5-4-6-8-16/h4-13H,1-3H3/b15-13+,19-18-. The van der Waals surface area contributed by atoms with Gasteiger partial charge in [-0.1, -0.05) is 48.0 Å². The maximum atomic E-state index is 12.4. The van der Waals surface area contributed by atoms with Crippen molar-refractivity contribution >= 4 is 32.9 Å². The van der Waals surface area contributed by atoms with E-state index in [-0.39, 0.29) is 4.90 Å². The molecule has 0 aliphatic carbocycles. The van der Waals surface area contributed by atoms with Crippen LogP contribution in [0.1, 0.15) is 18.1 Å². The Labute approximate surface area is 142 Å². The van der Waals surface area contributed by atoms with E-state index in [4.69, 9.17) is 0 Å². The highest BCUT2D eigenvalue weighted by Gasteiger charge is 2.14. The third-order valence-electron chi connectivity index (χ3n) is 3.24. The van der Waals surface area contributed by atoms with Crippen LogP contribution in [0.3, 0.4) is 0 Å². The summed E-state index contributed by atoms with van der Waals surface area (Å²) in [5.74, 6) is 0. The van der Waals surface area contributed by atoms with Gasteiger partial charge in [0, 0.05) is 0 Å². The Balaban J connectivity index is 2.37. The summed E-state index contributed by atoms with van der Waals surface area (Å²) in [4.78, 5) is 0.210. The van der Waals surface area contributed by atoms with Crippen LogP contribution < -0.4 is 0 Å². The van der Waals surface area contributed by atoms with Gasteiger partial charge in [-0.05, 0) is 49.4 Å². The van der Waals surface area contributed by atoms with E-state index in [0.717, 1.165) is 16.7 Å². The van der Waals surface area contributed by atoms with Crippen molar-refractivity contribution in [3.05, 3.63) is 71.3 Å². The quantitative estimate of drug-likeness (QED) is 0.603.